The zero-order valence-electron chi connectivity index (χ0n) is 15.0. The SMILES string of the molecule is CCCS(=O)(=O)Nc1cccc(C(=O)N2CCCCC2CCC(=O)O)c1. The third-order valence-corrected chi connectivity index (χ3v) is 5.93. The van der Waals surface area contributed by atoms with Gasteiger partial charge in [-0.2, -0.15) is 0 Å². The van der Waals surface area contributed by atoms with Crippen LogP contribution in [0.15, 0.2) is 24.3 Å². The monoisotopic (exact) mass is 382 g/mol. The second-order valence-corrected chi connectivity index (χ2v) is 8.42. The number of piperidine rings is 1. The molecule has 144 valence electrons. The lowest BCUT2D eigenvalue weighted by Crippen LogP contribution is -2.44. The van der Waals surface area contributed by atoms with Crippen molar-refractivity contribution in [3.05, 3.63) is 29.8 Å². The molecule has 0 saturated carbocycles. The van der Waals surface area contributed by atoms with E-state index >= 15 is 0 Å². The fraction of sp³-hybridized carbons (Fsp3) is 0.556. The van der Waals surface area contributed by atoms with Crippen molar-refractivity contribution < 1.29 is 23.1 Å². The maximum atomic E-state index is 12.9. The summed E-state index contributed by atoms with van der Waals surface area (Å²) in [6.07, 6.45) is 3.63. The lowest BCUT2D eigenvalue weighted by atomic mass is 9.97. The number of carbonyl (C=O) groups is 2. The average Bonchev–Trinajstić information content (AvgIpc) is 2.59. The van der Waals surface area contributed by atoms with Crippen LogP contribution >= 0.6 is 0 Å². The summed E-state index contributed by atoms with van der Waals surface area (Å²) in [4.78, 5) is 25.5. The molecule has 0 radical (unpaired) electrons. The second kappa shape index (κ2) is 9.02. The standard InChI is InChI=1S/C18H26N2O5S/c1-2-12-26(24,25)19-15-7-5-6-14(13-15)18(23)20-11-4-3-8-16(20)9-10-17(21)22/h5-7,13,16,19H,2-4,8-12H2,1H3,(H,21,22). The van der Waals surface area contributed by atoms with E-state index in [0.717, 1.165) is 19.3 Å². The lowest BCUT2D eigenvalue weighted by Gasteiger charge is -2.35. The number of anilines is 1. The lowest BCUT2D eigenvalue weighted by molar-refractivity contribution is -0.137. The molecule has 8 heteroatoms. The van der Waals surface area contributed by atoms with Crippen molar-refractivity contribution in [2.45, 2.75) is 51.5 Å². The van der Waals surface area contributed by atoms with Gasteiger partial charge < -0.3 is 10.0 Å². The number of hydrogen-bond acceptors (Lipinski definition) is 4. The Labute approximate surface area is 154 Å². The summed E-state index contributed by atoms with van der Waals surface area (Å²) in [6, 6.07) is 6.36. The first-order valence-electron chi connectivity index (χ1n) is 8.95. The van der Waals surface area contributed by atoms with Crippen LogP contribution in [-0.2, 0) is 14.8 Å². The quantitative estimate of drug-likeness (QED) is 0.719. The van der Waals surface area contributed by atoms with Gasteiger partial charge in [-0.05, 0) is 50.3 Å². The molecule has 1 aromatic carbocycles. The second-order valence-electron chi connectivity index (χ2n) is 6.58. The summed E-state index contributed by atoms with van der Waals surface area (Å²) >= 11 is 0. The maximum absolute atomic E-state index is 12.9. The molecule has 0 aromatic heterocycles. The van der Waals surface area contributed by atoms with E-state index in [1.165, 1.54) is 0 Å². The molecule has 1 unspecified atom stereocenters. The first kappa shape index (κ1) is 20.2. The van der Waals surface area contributed by atoms with Crippen molar-refractivity contribution in [1.82, 2.24) is 4.90 Å². The molecule has 1 amide bonds. The fourth-order valence-corrected chi connectivity index (χ4v) is 4.36. The molecule has 1 aliphatic rings. The van der Waals surface area contributed by atoms with Crippen molar-refractivity contribution in [3.8, 4) is 0 Å². The number of sulfonamides is 1. The van der Waals surface area contributed by atoms with Crippen molar-refractivity contribution >= 4 is 27.6 Å². The number of hydrogen-bond donors (Lipinski definition) is 2. The van der Waals surface area contributed by atoms with Crippen molar-refractivity contribution in [1.29, 1.82) is 0 Å². The van der Waals surface area contributed by atoms with Gasteiger partial charge in [0.1, 0.15) is 0 Å². The Morgan fingerprint density at radius 2 is 2.08 bits per heavy atom. The average molecular weight is 382 g/mol. The number of nitrogens with zero attached hydrogens (tertiary/aromatic N) is 1. The Morgan fingerprint density at radius 3 is 2.77 bits per heavy atom. The van der Waals surface area contributed by atoms with E-state index < -0.39 is 16.0 Å². The summed E-state index contributed by atoms with van der Waals surface area (Å²) in [7, 11) is -3.42. The Hall–Kier alpha value is -2.09. The molecule has 1 atom stereocenters. The van der Waals surface area contributed by atoms with Crippen molar-refractivity contribution in [2.24, 2.45) is 0 Å². The van der Waals surface area contributed by atoms with E-state index in [4.69, 9.17) is 5.11 Å². The molecule has 7 nitrogen and oxygen atoms in total. The summed E-state index contributed by atoms with van der Waals surface area (Å²) in [6.45, 7) is 2.38. The van der Waals surface area contributed by atoms with Crippen LogP contribution in [0.25, 0.3) is 0 Å². The van der Waals surface area contributed by atoms with Crippen molar-refractivity contribution in [3.63, 3.8) is 0 Å². The number of carboxylic acids is 1. The predicted molar refractivity (Wildman–Crippen MR) is 99.7 cm³/mol. The first-order valence-corrected chi connectivity index (χ1v) is 10.6. The van der Waals surface area contributed by atoms with E-state index in [-0.39, 0.29) is 24.1 Å². The number of likely N-dealkylation sites (tertiary alicyclic amines) is 1. The van der Waals surface area contributed by atoms with Crippen LogP contribution in [0, 0.1) is 0 Å². The van der Waals surface area contributed by atoms with Gasteiger partial charge >= 0.3 is 5.97 Å². The Morgan fingerprint density at radius 1 is 1.31 bits per heavy atom. The highest BCUT2D eigenvalue weighted by atomic mass is 32.2. The predicted octanol–water partition coefficient (Wildman–Crippen LogP) is 2.70. The van der Waals surface area contributed by atoms with Gasteiger partial charge in [0.15, 0.2) is 0 Å². The van der Waals surface area contributed by atoms with Crippen LogP contribution < -0.4 is 4.72 Å². The molecule has 26 heavy (non-hydrogen) atoms. The van der Waals surface area contributed by atoms with Gasteiger partial charge in [0.05, 0.1) is 5.75 Å². The zero-order chi connectivity index (χ0) is 19.2. The van der Waals surface area contributed by atoms with E-state index in [9.17, 15) is 18.0 Å². The van der Waals surface area contributed by atoms with Gasteiger partial charge in [0.2, 0.25) is 10.0 Å². The third kappa shape index (κ3) is 5.72. The molecule has 1 fully saturated rings. The van der Waals surface area contributed by atoms with Gasteiger partial charge in [-0.1, -0.05) is 13.0 Å². The number of carbonyl (C=O) groups excluding carboxylic acids is 1. The number of carboxylic acid groups (broad SMARTS) is 1. The van der Waals surface area contributed by atoms with E-state index in [2.05, 4.69) is 4.72 Å². The van der Waals surface area contributed by atoms with Crippen molar-refractivity contribution in [2.75, 3.05) is 17.0 Å². The maximum Gasteiger partial charge on any atom is 0.303 e. The molecular weight excluding hydrogens is 356 g/mol. The molecule has 1 saturated heterocycles. The zero-order valence-corrected chi connectivity index (χ0v) is 15.8. The molecule has 1 aliphatic heterocycles. The van der Waals surface area contributed by atoms with Crippen LogP contribution in [0.1, 0.15) is 55.8 Å². The number of benzene rings is 1. The van der Waals surface area contributed by atoms with Gasteiger partial charge in [-0.25, -0.2) is 8.42 Å². The Bertz CT molecular complexity index is 748. The topological polar surface area (TPSA) is 104 Å². The molecule has 0 spiro atoms. The highest BCUT2D eigenvalue weighted by Gasteiger charge is 2.28. The highest BCUT2D eigenvalue weighted by Crippen LogP contribution is 2.24. The first-order chi connectivity index (χ1) is 12.3. The molecule has 1 aromatic rings. The third-order valence-electron chi connectivity index (χ3n) is 4.44. The number of rotatable bonds is 8. The fourth-order valence-electron chi connectivity index (χ4n) is 3.24. The minimum atomic E-state index is -3.42. The molecule has 2 N–H and O–H groups in total. The Balaban J connectivity index is 2.14. The van der Waals surface area contributed by atoms with E-state index in [1.54, 1.807) is 36.1 Å². The molecule has 2 rings (SSSR count). The van der Waals surface area contributed by atoms with Gasteiger partial charge in [0.25, 0.3) is 5.91 Å². The van der Waals surface area contributed by atoms with Crippen LogP contribution in [0.2, 0.25) is 0 Å². The Kier molecular flexibility index (Phi) is 7.02. The summed E-state index contributed by atoms with van der Waals surface area (Å²) in [5.41, 5.74) is 0.771. The van der Waals surface area contributed by atoms with Gasteiger partial charge in [-0.15, -0.1) is 0 Å². The summed E-state index contributed by atoms with van der Waals surface area (Å²) in [5, 5.41) is 8.91. The van der Waals surface area contributed by atoms with Crippen LogP contribution in [0.5, 0.6) is 0 Å². The summed E-state index contributed by atoms with van der Waals surface area (Å²) < 4.78 is 26.3. The van der Waals surface area contributed by atoms with E-state index in [1.807, 2.05) is 0 Å². The van der Waals surface area contributed by atoms with Gasteiger partial charge in [0, 0.05) is 30.3 Å². The molecule has 0 aliphatic carbocycles. The van der Waals surface area contributed by atoms with Crippen LogP contribution in [0.4, 0.5) is 5.69 Å². The molecular formula is C18H26N2O5S. The smallest absolute Gasteiger partial charge is 0.303 e. The number of aliphatic carboxylic acids is 1. The minimum absolute atomic E-state index is 0.0224. The number of amides is 1. The summed E-state index contributed by atoms with van der Waals surface area (Å²) in [5.74, 6) is -1.03. The van der Waals surface area contributed by atoms with Gasteiger partial charge in [-0.3, -0.25) is 14.3 Å². The van der Waals surface area contributed by atoms with Crippen LogP contribution in [-0.4, -0.2) is 48.6 Å². The normalized spacial score (nSPS) is 17.7. The molecule has 1 heterocycles. The van der Waals surface area contributed by atoms with E-state index in [0.29, 0.717) is 30.6 Å². The minimum Gasteiger partial charge on any atom is -0.481 e. The molecule has 0 bridgehead atoms. The largest absolute Gasteiger partial charge is 0.481 e. The highest BCUT2D eigenvalue weighted by molar-refractivity contribution is 7.92. The number of nitrogens with one attached hydrogen (secondary N) is 1. The van der Waals surface area contributed by atoms with Crippen LogP contribution in [0.3, 0.4) is 0 Å².